The van der Waals surface area contributed by atoms with E-state index in [1.165, 1.54) is 9.87 Å². The van der Waals surface area contributed by atoms with E-state index in [-0.39, 0.29) is 29.0 Å². The van der Waals surface area contributed by atoms with E-state index in [4.69, 9.17) is 0 Å². The number of benzene rings is 2. The van der Waals surface area contributed by atoms with Crippen molar-refractivity contribution in [3.05, 3.63) is 59.2 Å². The molecule has 1 unspecified atom stereocenters. The highest BCUT2D eigenvalue weighted by atomic mass is 32.2. The number of rotatable bonds is 7. The summed E-state index contributed by atoms with van der Waals surface area (Å²) in [5, 5.41) is 0. The van der Waals surface area contributed by atoms with E-state index in [0.29, 0.717) is 32.7 Å². The molecular weight excluding hydrogens is 450 g/mol. The van der Waals surface area contributed by atoms with Crippen molar-refractivity contribution in [3.63, 3.8) is 0 Å². The van der Waals surface area contributed by atoms with Gasteiger partial charge in [0.15, 0.2) is 0 Å². The molecule has 182 valence electrons. The normalized spacial score (nSPS) is 18.5. The van der Waals surface area contributed by atoms with Crippen LogP contribution >= 0.6 is 0 Å². The molecule has 34 heavy (non-hydrogen) atoms. The zero-order valence-corrected chi connectivity index (χ0v) is 21.0. The summed E-state index contributed by atoms with van der Waals surface area (Å²) < 4.78 is 27.3. The summed E-state index contributed by atoms with van der Waals surface area (Å²) in [7, 11) is -3.56. The molecule has 7 nitrogen and oxygen atoms in total. The first-order valence-electron chi connectivity index (χ1n) is 12.0. The molecule has 2 aromatic rings. The molecule has 0 aromatic heterocycles. The Morgan fingerprint density at radius 1 is 1.09 bits per heavy atom. The first-order valence-corrected chi connectivity index (χ1v) is 13.5. The Balaban J connectivity index is 1.51. The van der Waals surface area contributed by atoms with E-state index in [9.17, 15) is 18.0 Å². The van der Waals surface area contributed by atoms with Crippen LogP contribution in [-0.2, 0) is 32.6 Å². The molecular formula is C26H33N3O4S. The zero-order valence-electron chi connectivity index (χ0n) is 20.2. The lowest BCUT2D eigenvalue weighted by Crippen LogP contribution is -2.40. The molecule has 1 atom stereocenters. The van der Waals surface area contributed by atoms with Crippen molar-refractivity contribution >= 4 is 27.5 Å². The van der Waals surface area contributed by atoms with E-state index in [0.717, 1.165) is 29.7 Å². The maximum atomic E-state index is 13.5. The third-order valence-electron chi connectivity index (χ3n) is 6.84. The zero-order chi connectivity index (χ0) is 24.5. The van der Waals surface area contributed by atoms with Gasteiger partial charge in [0.05, 0.1) is 10.8 Å². The van der Waals surface area contributed by atoms with Crippen molar-refractivity contribution in [1.82, 2.24) is 9.21 Å². The van der Waals surface area contributed by atoms with Gasteiger partial charge >= 0.3 is 0 Å². The van der Waals surface area contributed by atoms with Crippen molar-refractivity contribution in [1.29, 1.82) is 0 Å². The van der Waals surface area contributed by atoms with Gasteiger partial charge in [-0.2, -0.15) is 4.31 Å². The standard InChI is InChI=1S/C26H33N3O4S/c1-4-28(5-2)34(32,33)23-12-13-24-21(15-23)7-6-14-29(24)26(31)22-16-25(30)27(18-22)17-20-10-8-19(3)9-11-20/h8-13,15,22H,4-7,14,16-18H2,1-3H3. The molecule has 2 amide bonds. The van der Waals surface area contributed by atoms with Gasteiger partial charge in [-0.05, 0) is 49.1 Å². The molecule has 0 spiro atoms. The minimum absolute atomic E-state index is 0.00294. The summed E-state index contributed by atoms with van der Waals surface area (Å²) in [6.07, 6.45) is 1.70. The number of amides is 2. The number of carbonyl (C=O) groups excluding carboxylic acids is 2. The molecule has 4 rings (SSSR count). The van der Waals surface area contributed by atoms with Crippen LogP contribution in [0.5, 0.6) is 0 Å². The van der Waals surface area contributed by atoms with Gasteiger partial charge in [0, 0.05) is 44.8 Å². The minimum atomic E-state index is -3.56. The van der Waals surface area contributed by atoms with Gasteiger partial charge in [-0.3, -0.25) is 9.59 Å². The van der Waals surface area contributed by atoms with Crippen LogP contribution in [0.25, 0.3) is 0 Å². The second-order valence-electron chi connectivity index (χ2n) is 9.13. The van der Waals surface area contributed by atoms with Gasteiger partial charge < -0.3 is 9.80 Å². The fourth-order valence-corrected chi connectivity index (χ4v) is 6.41. The molecule has 2 aliphatic rings. The summed E-state index contributed by atoms with van der Waals surface area (Å²) in [4.78, 5) is 29.9. The van der Waals surface area contributed by atoms with Crippen LogP contribution in [0, 0.1) is 12.8 Å². The lowest BCUT2D eigenvalue weighted by atomic mass is 9.99. The molecule has 2 aromatic carbocycles. The monoisotopic (exact) mass is 483 g/mol. The predicted molar refractivity (Wildman–Crippen MR) is 132 cm³/mol. The van der Waals surface area contributed by atoms with E-state index in [1.807, 2.05) is 45.0 Å². The number of hydrogen-bond acceptors (Lipinski definition) is 4. The number of fused-ring (bicyclic) bond motifs is 1. The summed E-state index contributed by atoms with van der Waals surface area (Å²) in [6, 6.07) is 13.2. The van der Waals surface area contributed by atoms with E-state index in [2.05, 4.69) is 0 Å². The second-order valence-corrected chi connectivity index (χ2v) is 11.1. The van der Waals surface area contributed by atoms with Crippen molar-refractivity contribution in [2.45, 2.75) is 51.5 Å². The molecule has 0 aliphatic carbocycles. The Morgan fingerprint density at radius 2 is 1.79 bits per heavy atom. The van der Waals surface area contributed by atoms with Gasteiger partial charge in [0.25, 0.3) is 0 Å². The van der Waals surface area contributed by atoms with E-state index >= 15 is 0 Å². The molecule has 1 saturated heterocycles. The Labute approximate surface area is 202 Å². The SMILES string of the molecule is CCN(CC)S(=O)(=O)c1ccc2c(c1)CCCN2C(=O)C1CC(=O)N(Cc2ccc(C)cc2)C1. The van der Waals surface area contributed by atoms with Crippen LogP contribution in [-0.4, -0.2) is 55.6 Å². The highest BCUT2D eigenvalue weighted by Gasteiger charge is 2.38. The molecule has 1 fully saturated rings. The number of nitrogens with zero attached hydrogens (tertiary/aromatic N) is 3. The molecule has 0 saturated carbocycles. The van der Waals surface area contributed by atoms with Crippen LogP contribution in [0.15, 0.2) is 47.4 Å². The van der Waals surface area contributed by atoms with Gasteiger partial charge in [-0.1, -0.05) is 43.7 Å². The second kappa shape index (κ2) is 9.88. The molecule has 2 aliphatic heterocycles. The van der Waals surface area contributed by atoms with Gasteiger partial charge in [-0.15, -0.1) is 0 Å². The summed E-state index contributed by atoms with van der Waals surface area (Å²) in [5.74, 6) is -0.445. The Bertz CT molecular complexity index is 1170. The largest absolute Gasteiger partial charge is 0.338 e. The number of sulfonamides is 1. The average Bonchev–Trinajstić information content (AvgIpc) is 3.20. The third-order valence-corrected chi connectivity index (χ3v) is 8.88. The molecule has 8 heteroatoms. The van der Waals surface area contributed by atoms with Gasteiger partial charge in [0.1, 0.15) is 0 Å². The number of hydrogen-bond donors (Lipinski definition) is 0. The van der Waals surface area contributed by atoms with Crippen LogP contribution in [0.3, 0.4) is 0 Å². The fraction of sp³-hybridized carbons (Fsp3) is 0.462. The van der Waals surface area contributed by atoms with Crippen molar-refractivity contribution in [2.75, 3.05) is 31.1 Å². The third kappa shape index (κ3) is 4.74. The smallest absolute Gasteiger partial charge is 0.243 e. The highest BCUT2D eigenvalue weighted by Crippen LogP contribution is 2.33. The number of carbonyl (C=O) groups is 2. The van der Waals surface area contributed by atoms with E-state index < -0.39 is 10.0 Å². The number of aryl methyl sites for hydroxylation is 2. The molecule has 0 N–H and O–H groups in total. The first-order chi connectivity index (χ1) is 16.2. The molecule has 2 heterocycles. The van der Waals surface area contributed by atoms with Gasteiger partial charge in [-0.25, -0.2) is 8.42 Å². The first kappa shape index (κ1) is 24.4. The summed E-state index contributed by atoms with van der Waals surface area (Å²) >= 11 is 0. The molecule has 0 radical (unpaired) electrons. The topological polar surface area (TPSA) is 78.0 Å². The van der Waals surface area contributed by atoms with Gasteiger partial charge in [0.2, 0.25) is 21.8 Å². The lowest BCUT2D eigenvalue weighted by molar-refractivity contribution is -0.128. The predicted octanol–water partition coefficient (Wildman–Crippen LogP) is 3.35. The Hall–Kier alpha value is -2.71. The maximum Gasteiger partial charge on any atom is 0.243 e. The van der Waals surface area contributed by atoms with Crippen molar-refractivity contribution in [2.24, 2.45) is 5.92 Å². The van der Waals surface area contributed by atoms with Crippen LogP contribution in [0.2, 0.25) is 0 Å². The summed E-state index contributed by atoms with van der Waals surface area (Å²) in [5.41, 5.74) is 3.85. The van der Waals surface area contributed by atoms with Crippen LogP contribution in [0.1, 0.15) is 43.4 Å². The highest BCUT2D eigenvalue weighted by molar-refractivity contribution is 7.89. The van der Waals surface area contributed by atoms with E-state index in [1.54, 1.807) is 28.0 Å². The number of anilines is 1. The Morgan fingerprint density at radius 3 is 2.47 bits per heavy atom. The number of likely N-dealkylation sites (tertiary alicyclic amines) is 1. The fourth-order valence-electron chi connectivity index (χ4n) is 4.90. The van der Waals surface area contributed by atoms with Crippen molar-refractivity contribution < 1.29 is 18.0 Å². The Kier molecular flexibility index (Phi) is 7.09. The minimum Gasteiger partial charge on any atom is -0.338 e. The maximum absolute atomic E-state index is 13.5. The quantitative estimate of drug-likeness (QED) is 0.605. The van der Waals surface area contributed by atoms with Crippen LogP contribution < -0.4 is 4.90 Å². The lowest BCUT2D eigenvalue weighted by Gasteiger charge is -2.32. The average molecular weight is 484 g/mol. The summed E-state index contributed by atoms with van der Waals surface area (Å²) in [6.45, 7) is 7.99. The van der Waals surface area contributed by atoms with Crippen molar-refractivity contribution in [3.8, 4) is 0 Å². The molecule has 0 bridgehead atoms. The van der Waals surface area contributed by atoms with Crippen LogP contribution in [0.4, 0.5) is 5.69 Å².